The molecule has 14 nitrogen and oxygen atoms in total. The molecule has 0 saturated carbocycles. The third-order valence-corrected chi connectivity index (χ3v) is 5.13. The lowest BCUT2D eigenvalue weighted by molar-refractivity contribution is 0.0682. The van der Waals surface area contributed by atoms with Crippen molar-refractivity contribution in [1.29, 1.82) is 0 Å². The lowest BCUT2D eigenvalue weighted by Gasteiger charge is -2.06. The van der Waals surface area contributed by atoms with Gasteiger partial charge in [-0.3, -0.25) is 4.98 Å². The van der Waals surface area contributed by atoms with Crippen molar-refractivity contribution in [2.24, 2.45) is 0 Å². The van der Waals surface area contributed by atoms with Crippen molar-refractivity contribution in [3.63, 3.8) is 0 Å². The predicted octanol–water partition coefficient (Wildman–Crippen LogP) is 1.78. The Balaban J connectivity index is 1.47. The fourth-order valence-electron chi connectivity index (χ4n) is 3.39. The summed E-state index contributed by atoms with van der Waals surface area (Å²) in [5.74, 6) is -3.50. The van der Waals surface area contributed by atoms with Crippen LogP contribution >= 0.6 is 0 Å². The van der Waals surface area contributed by atoms with Gasteiger partial charge in [0.2, 0.25) is 0 Å². The normalized spacial score (nSPS) is 10.9. The first kappa shape index (κ1) is 22.1. The number of carboxylic acids is 2. The minimum atomic E-state index is -1.29. The van der Waals surface area contributed by atoms with Gasteiger partial charge in [-0.15, -0.1) is 10.2 Å². The Labute approximate surface area is 200 Å². The van der Waals surface area contributed by atoms with E-state index in [1.807, 2.05) is 0 Å². The molecule has 0 saturated heterocycles. The topological polar surface area (TPSA) is 202 Å². The van der Waals surface area contributed by atoms with Crippen LogP contribution in [-0.2, 0) is 0 Å². The van der Waals surface area contributed by atoms with Crippen LogP contribution in [-0.4, -0.2) is 72.3 Å². The molecule has 0 aliphatic rings. The van der Waals surface area contributed by atoms with Gasteiger partial charge in [0.15, 0.2) is 11.5 Å². The standard InChI is InChI=1S/C22H14N8O6/c31-19-11(21(33)34)3-1-5-17(19)29-9-15(25-27-29)13-7-23-8-14(24-13)16-10-30(28-26-16)18-6-2-4-12(20(18)32)22(35)36/h1-10,31-32H,(H,33,34)(H,35,36). The van der Waals surface area contributed by atoms with Gasteiger partial charge in [0.1, 0.15) is 45.3 Å². The fraction of sp³-hybridized carbons (Fsp3) is 0. The minimum absolute atomic E-state index is 0.115. The molecule has 0 fully saturated rings. The number of hydrogen-bond donors (Lipinski definition) is 4. The molecule has 0 aliphatic carbocycles. The number of hydrogen-bond acceptors (Lipinski definition) is 10. The summed E-state index contributed by atoms with van der Waals surface area (Å²) in [5.41, 5.74) is 0.833. The van der Waals surface area contributed by atoms with Crippen molar-refractivity contribution < 1.29 is 30.0 Å². The van der Waals surface area contributed by atoms with E-state index in [0.717, 1.165) is 0 Å². The van der Waals surface area contributed by atoms with Gasteiger partial charge in [-0.1, -0.05) is 22.6 Å². The van der Waals surface area contributed by atoms with Crippen LogP contribution in [0.1, 0.15) is 20.7 Å². The summed E-state index contributed by atoms with van der Waals surface area (Å²) >= 11 is 0. The van der Waals surface area contributed by atoms with Crippen molar-refractivity contribution in [3.8, 4) is 45.6 Å². The molecule has 0 amide bonds. The van der Waals surface area contributed by atoms with Crippen LogP contribution in [0.25, 0.3) is 34.2 Å². The summed E-state index contributed by atoms with van der Waals surface area (Å²) in [4.78, 5) is 31.2. The highest BCUT2D eigenvalue weighted by Gasteiger charge is 2.18. The Kier molecular flexibility index (Phi) is 5.29. The first-order valence-corrected chi connectivity index (χ1v) is 10.1. The Morgan fingerprint density at radius 2 is 1.11 bits per heavy atom. The molecule has 14 heteroatoms. The van der Waals surface area contributed by atoms with Crippen LogP contribution in [0.3, 0.4) is 0 Å². The van der Waals surface area contributed by atoms with Crippen LogP contribution in [0.5, 0.6) is 11.5 Å². The number of carboxylic acid groups (broad SMARTS) is 2. The fourth-order valence-corrected chi connectivity index (χ4v) is 3.39. The number of phenols is 2. The zero-order valence-corrected chi connectivity index (χ0v) is 18.0. The van der Waals surface area contributed by atoms with Gasteiger partial charge in [0.25, 0.3) is 0 Å². The van der Waals surface area contributed by atoms with Crippen molar-refractivity contribution in [2.45, 2.75) is 0 Å². The molecule has 178 valence electrons. The van der Waals surface area contributed by atoms with Crippen LogP contribution in [0.15, 0.2) is 61.2 Å². The summed E-state index contributed by atoms with van der Waals surface area (Å²) < 4.78 is 2.42. The number of rotatable bonds is 6. The van der Waals surface area contributed by atoms with Gasteiger partial charge in [0, 0.05) is 0 Å². The maximum Gasteiger partial charge on any atom is 0.339 e. The number of benzene rings is 2. The number of para-hydroxylation sites is 2. The van der Waals surface area contributed by atoms with Gasteiger partial charge >= 0.3 is 11.9 Å². The molecule has 4 N–H and O–H groups in total. The molecule has 0 spiro atoms. The Bertz CT molecular complexity index is 1530. The average molecular weight is 486 g/mol. The monoisotopic (exact) mass is 486 g/mol. The van der Waals surface area contributed by atoms with Crippen LogP contribution in [0, 0.1) is 0 Å². The molecule has 0 atom stereocenters. The number of aromatic nitrogens is 8. The Morgan fingerprint density at radius 3 is 1.53 bits per heavy atom. The van der Waals surface area contributed by atoms with Crippen molar-refractivity contribution >= 4 is 11.9 Å². The molecular weight excluding hydrogens is 472 g/mol. The second kappa shape index (κ2) is 8.60. The first-order chi connectivity index (χ1) is 17.3. The van der Waals surface area contributed by atoms with E-state index in [1.54, 1.807) is 0 Å². The van der Waals surface area contributed by atoms with Crippen molar-refractivity contribution in [1.82, 2.24) is 40.0 Å². The zero-order chi connectivity index (χ0) is 25.4. The highest BCUT2D eigenvalue weighted by molar-refractivity contribution is 5.92. The average Bonchev–Trinajstić information content (AvgIpc) is 3.55. The summed E-state index contributed by atoms with van der Waals surface area (Å²) in [6, 6.07) is 8.42. The molecule has 3 heterocycles. The Hall–Kier alpha value is -5.66. The van der Waals surface area contributed by atoms with Gasteiger partial charge in [-0.2, -0.15) is 0 Å². The second-order valence-electron chi connectivity index (χ2n) is 7.34. The second-order valence-corrected chi connectivity index (χ2v) is 7.34. The quantitative estimate of drug-likeness (QED) is 0.271. The van der Waals surface area contributed by atoms with E-state index in [0.29, 0.717) is 11.4 Å². The van der Waals surface area contributed by atoms with E-state index in [9.17, 15) is 30.0 Å². The highest BCUT2D eigenvalue weighted by atomic mass is 16.4. The van der Waals surface area contributed by atoms with E-state index >= 15 is 0 Å². The van der Waals surface area contributed by atoms with Gasteiger partial charge in [-0.05, 0) is 24.3 Å². The van der Waals surface area contributed by atoms with E-state index < -0.39 is 23.4 Å². The number of aromatic carboxylic acids is 2. The summed E-state index contributed by atoms with van der Waals surface area (Å²) in [5, 5.41) is 54.9. The minimum Gasteiger partial charge on any atom is -0.505 e. The molecule has 5 aromatic rings. The maximum absolute atomic E-state index is 11.3. The maximum atomic E-state index is 11.3. The third-order valence-electron chi connectivity index (χ3n) is 5.13. The molecule has 2 aromatic carbocycles. The molecular formula is C22H14N8O6. The molecule has 0 aliphatic heterocycles. The van der Waals surface area contributed by atoms with Crippen LogP contribution < -0.4 is 0 Å². The molecule has 5 rings (SSSR count). The lowest BCUT2D eigenvalue weighted by Crippen LogP contribution is -2.02. The number of nitrogens with zero attached hydrogens (tertiary/aromatic N) is 8. The van der Waals surface area contributed by atoms with Gasteiger partial charge < -0.3 is 20.4 Å². The van der Waals surface area contributed by atoms with Crippen LogP contribution in [0.2, 0.25) is 0 Å². The largest absolute Gasteiger partial charge is 0.505 e. The first-order valence-electron chi connectivity index (χ1n) is 10.1. The smallest absolute Gasteiger partial charge is 0.339 e. The summed E-state index contributed by atoms with van der Waals surface area (Å²) in [7, 11) is 0. The summed E-state index contributed by atoms with van der Waals surface area (Å²) in [6.07, 6.45) is 5.75. The van der Waals surface area contributed by atoms with Gasteiger partial charge in [-0.25, -0.2) is 23.9 Å². The SMILES string of the molecule is O=C(O)c1cccc(-n2cc(-c3cncc(-c4cn(-c5cccc(C(=O)O)c5O)nn4)n3)nn2)c1O. The predicted molar refractivity (Wildman–Crippen MR) is 120 cm³/mol. The van der Waals surface area contributed by atoms with Crippen molar-refractivity contribution in [3.05, 3.63) is 72.3 Å². The van der Waals surface area contributed by atoms with Crippen LogP contribution in [0.4, 0.5) is 0 Å². The van der Waals surface area contributed by atoms with Gasteiger partial charge in [0.05, 0.1) is 24.8 Å². The lowest BCUT2D eigenvalue weighted by atomic mass is 10.1. The molecule has 3 aromatic heterocycles. The molecule has 36 heavy (non-hydrogen) atoms. The number of carbonyl (C=O) groups is 2. The molecule has 0 radical (unpaired) electrons. The number of aromatic hydroxyl groups is 2. The van der Waals surface area contributed by atoms with Crippen molar-refractivity contribution in [2.75, 3.05) is 0 Å². The highest BCUT2D eigenvalue weighted by Crippen LogP contribution is 2.28. The third kappa shape index (κ3) is 3.83. The molecule has 0 unspecified atom stereocenters. The Morgan fingerprint density at radius 1 is 0.667 bits per heavy atom. The van der Waals surface area contributed by atoms with E-state index in [1.165, 1.54) is 70.5 Å². The zero-order valence-electron chi connectivity index (χ0n) is 18.0. The summed E-state index contributed by atoms with van der Waals surface area (Å²) in [6.45, 7) is 0. The van der Waals surface area contributed by atoms with E-state index in [4.69, 9.17) is 0 Å². The molecule has 0 bridgehead atoms. The van der Waals surface area contributed by atoms with E-state index in [2.05, 4.69) is 30.6 Å². The van der Waals surface area contributed by atoms with E-state index in [-0.39, 0.29) is 33.9 Å².